The van der Waals surface area contributed by atoms with Crippen LogP contribution in [0.25, 0.3) is 0 Å². The van der Waals surface area contributed by atoms with Crippen LogP contribution in [-0.2, 0) is 9.53 Å². The van der Waals surface area contributed by atoms with Crippen LogP contribution in [0.3, 0.4) is 0 Å². The van der Waals surface area contributed by atoms with Gasteiger partial charge in [0.15, 0.2) is 0 Å². The maximum Gasteiger partial charge on any atom is 0.319 e. The number of alkyl halides is 1. The minimum atomic E-state index is -0.266. The summed E-state index contributed by atoms with van der Waals surface area (Å²) < 4.78 is 17.3. The predicted molar refractivity (Wildman–Crippen MR) is 76.8 cm³/mol. The van der Waals surface area contributed by atoms with Gasteiger partial charge in [0.2, 0.25) is 0 Å². The lowest BCUT2D eigenvalue weighted by molar-refractivity contribution is -0.146. The van der Waals surface area contributed by atoms with Crippen LogP contribution in [0.2, 0.25) is 0 Å². The van der Waals surface area contributed by atoms with Crippen molar-refractivity contribution in [2.75, 3.05) is 12.4 Å². The molecule has 0 saturated heterocycles. The number of hydrogen-bond acceptors (Lipinski definition) is 3. The van der Waals surface area contributed by atoms with Gasteiger partial charge in [0.1, 0.15) is 5.25 Å². The maximum atomic E-state index is 12.0. The summed E-state index contributed by atoms with van der Waals surface area (Å²) >= 11 is 1.62. The van der Waals surface area contributed by atoms with E-state index in [1.54, 1.807) is 11.8 Å². The van der Waals surface area contributed by atoms with Gasteiger partial charge >= 0.3 is 5.97 Å². The lowest BCUT2D eigenvalue weighted by atomic mass is 10.1. The molecule has 0 aromatic rings. The first-order chi connectivity index (χ1) is 8.61. The van der Waals surface area contributed by atoms with Crippen molar-refractivity contribution < 1.29 is 13.9 Å². The van der Waals surface area contributed by atoms with Gasteiger partial charge in [-0.25, -0.2) is 0 Å². The van der Waals surface area contributed by atoms with E-state index < -0.39 is 0 Å². The molecule has 0 aliphatic carbocycles. The number of carbonyl (C=O) groups is 1. The molecule has 1 atom stereocenters. The van der Waals surface area contributed by atoms with Gasteiger partial charge in [-0.05, 0) is 38.9 Å². The van der Waals surface area contributed by atoms with Crippen LogP contribution in [0.4, 0.5) is 4.39 Å². The second-order valence-electron chi connectivity index (χ2n) is 4.74. The molecule has 0 aromatic heterocycles. The Morgan fingerprint density at radius 3 is 2.50 bits per heavy atom. The predicted octanol–water partition coefficient (Wildman–Crippen LogP) is 4.37. The summed E-state index contributed by atoms with van der Waals surface area (Å²) in [5.74, 6) is 0.736. The summed E-state index contributed by atoms with van der Waals surface area (Å²) in [6.45, 7) is 5.62. The van der Waals surface area contributed by atoms with Gasteiger partial charge in [-0.1, -0.05) is 26.2 Å². The summed E-state index contributed by atoms with van der Waals surface area (Å²) in [5, 5.41) is -0.0708. The Balaban J connectivity index is 4.02. The Hall–Kier alpha value is -0.250. The standard InChI is InChI=1S/C14H27FO2S/c1-4-5-6-9-13(14(16)17-12(2)3)18-11-8-7-10-15/h12-13H,4-11H2,1-3H3. The van der Waals surface area contributed by atoms with Gasteiger partial charge in [-0.15, -0.1) is 11.8 Å². The van der Waals surface area contributed by atoms with E-state index in [4.69, 9.17) is 4.74 Å². The lowest BCUT2D eigenvalue weighted by Gasteiger charge is -2.17. The Morgan fingerprint density at radius 2 is 1.94 bits per heavy atom. The number of thioether (sulfide) groups is 1. The monoisotopic (exact) mass is 278 g/mol. The molecule has 4 heteroatoms. The molecular weight excluding hydrogens is 251 g/mol. The van der Waals surface area contributed by atoms with Crippen LogP contribution in [0, 0.1) is 0 Å². The van der Waals surface area contributed by atoms with Gasteiger partial charge in [0.05, 0.1) is 12.8 Å². The smallest absolute Gasteiger partial charge is 0.319 e. The molecule has 0 aliphatic rings. The molecule has 0 N–H and O–H groups in total. The highest BCUT2D eigenvalue weighted by Crippen LogP contribution is 2.21. The van der Waals surface area contributed by atoms with Gasteiger partial charge in [0, 0.05) is 0 Å². The van der Waals surface area contributed by atoms with E-state index in [0.29, 0.717) is 6.42 Å². The normalized spacial score (nSPS) is 12.7. The van der Waals surface area contributed by atoms with E-state index in [2.05, 4.69) is 6.92 Å². The molecule has 0 saturated carbocycles. The lowest BCUT2D eigenvalue weighted by Crippen LogP contribution is -2.24. The Bertz CT molecular complexity index is 210. The van der Waals surface area contributed by atoms with Crippen molar-refractivity contribution >= 4 is 17.7 Å². The fourth-order valence-electron chi connectivity index (χ4n) is 1.58. The highest BCUT2D eigenvalue weighted by molar-refractivity contribution is 8.00. The second kappa shape index (κ2) is 11.8. The third kappa shape index (κ3) is 9.75. The quantitative estimate of drug-likeness (QED) is 0.415. The van der Waals surface area contributed by atoms with Crippen LogP contribution >= 0.6 is 11.8 Å². The highest BCUT2D eigenvalue weighted by Gasteiger charge is 2.20. The fraction of sp³-hybridized carbons (Fsp3) is 0.929. The van der Waals surface area contributed by atoms with Gasteiger partial charge in [0.25, 0.3) is 0 Å². The molecule has 0 amide bonds. The number of hydrogen-bond donors (Lipinski definition) is 0. The van der Waals surface area contributed by atoms with E-state index in [-0.39, 0.29) is 24.0 Å². The van der Waals surface area contributed by atoms with Crippen molar-refractivity contribution in [1.29, 1.82) is 0 Å². The zero-order valence-electron chi connectivity index (χ0n) is 11.9. The highest BCUT2D eigenvalue weighted by atomic mass is 32.2. The van der Waals surface area contributed by atoms with Crippen molar-refractivity contribution in [2.45, 2.75) is 70.7 Å². The summed E-state index contributed by atoms with van der Waals surface area (Å²) in [6.07, 6.45) is 5.60. The van der Waals surface area contributed by atoms with E-state index in [1.807, 2.05) is 13.8 Å². The molecule has 0 rings (SSSR count). The van der Waals surface area contributed by atoms with Crippen LogP contribution in [0.1, 0.15) is 59.3 Å². The Labute approximate surface area is 115 Å². The van der Waals surface area contributed by atoms with E-state index in [1.165, 1.54) is 0 Å². The summed E-state index contributed by atoms with van der Waals surface area (Å²) in [6, 6.07) is 0. The zero-order valence-corrected chi connectivity index (χ0v) is 12.7. The fourth-order valence-corrected chi connectivity index (χ4v) is 2.76. The van der Waals surface area contributed by atoms with Crippen LogP contribution in [0.15, 0.2) is 0 Å². The van der Waals surface area contributed by atoms with Crippen molar-refractivity contribution in [3.05, 3.63) is 0 Å². The molecule has 2 nitrogen and oxygen atoms in total. The molecule has 0 radical (unpaired) electrons. The van der Waals surface area contributed by atoms with Crippen LogP contribution in [0.5, 0.6) is 0 Å². The van der Waals surface area contributed by atoms with Crippen LogP contribution < -0.4 is 0 Å². The van der Waals surface area contributed by atoms with E-state index in [0.717, 1.165) is 37.9 Å². The first-order valence-electron chi connectivity index (χ1n) is 6.99. The molecule has 108 valence electrons. The van der Waals surface area contributed by atoms with Gasteiger partial charge in [-0.2, -0.15) is 0 Å². The molecule has 0 fully saturated rings. The molecular formula is C14H27FO2S. The minimum Gasteiger partial charge on any atom is -0.462 e. The second-order valence-corrected chi connectivity index (χ2v) is 6.05. The molecule has 0 spiro atoms. The van der Waals surface area contributed by atoms with Crippen molar-refractivity contribution in [1.82, 2.24) is 0 Å². The van der Waals surface area contributed by atoms with Crippen LogP contribution in [-0.4, -0.2) is 29.8 Å². The van der Waals surface area contributed by atoms with E-state index >= 15 is 0 Å². The molecule has 0 aromatic carbocycles. The summed E-state index contributed by atoms with van der Waals surface area (Å²) in [7, 11) is 0. The largest absolute Gasteiger partial charge is 0.462 e. The average Bonchev–Trinajstić information content (AvgIpc) is 2.31. The third-order valence-electron chi connectivity index (χ3n) is 2.53. The molecule has 0 bridgehead atoms. The number of unbranched alkanes of at least 4 members (excludes halogenated alkanes) is 3. The number of ether oxygens (including phenoxy) is 1. The van der Waals surface area contributed by atoms with Crippen molar-refractivity contribution in [3.63, 3.8) is 0 Å². The van der Waals surface area contributed by atoms with E-state index in [9.17, 15) is 9.18 Å². The Kier molecular flexibility index (Phi) is 11.7. The number of rotatable bonds is 11. The maximum absolute atomic E-state index is 12.0. The zero-order chi connectivity index (χ0) is 13.8. The first kappa shape index (κ1) is 17.8. The third-order valence-corrected chi connectivity index (χ3v) is 3.89. The molecule has 0 aliphatic heterocycles. The van der Waals surface area contributed by atoms with Gasteiger partial charge in [-0.3, -0.25) is 9.18 Å². The molecule has 18 heavy (non-hydrogen) atoms. The molecule has 0 heterocycles. The SMILES string of the molecule is CCCCCC(SCCCCF)C(=O)OC(C)C. The summed E-state index contributed by atoms with van der Waals surface area (Å²) in [5.41, 5.74) is 0. The Morgan fingerprint density at radius 1 is 1.22 bits per heavy atom. The number of carbonyl (C=O) groups excluding carboxylic acids is 1. The topological polar surface area (TPSA) is 26.3 Å². The first-order valence-corrected chi connectivity index (χ1v) is 8.04. The minimum absolute atomic E-state index is 0.0578. The van der Waals surface area contributed by atoms with Crippen molar-refractivity contribution in [3.8, 4) is 0 Å². The summed E-state index contributed by atoms with van der Waals surface area (Å²) in [4.78, 5) is 11.9. The molecule has 1 unspecified atom stereocenters. The van der Waals surface area contributed by atoms with Crippen molar-refractivity contribution in [2.24, 2.45) is 0 Å². The average molecular weight is 278 g/mol. The van der Waals surface area contributed by atoms with Gasteiger partial charge < -0.3 is 4.74 Å². The number of halogens is 1. The number of esters is 1.